The number of rotatable bonds is 21. The van der Waals surface area contributed by atoms with Crippen molar-refractivity contribution in [3.8, 4) is 0 Å². The number of para-hydroxylation sites is 1. The second-order valence-electron chi connectivity index (χ2n) is 10.9. The van der Waals surface area contributed by atoms with Crippen LogP contribution in [0.2, 0.25) is 5.02 Å². The Bertz CT molecular complexity index is 1530. The van der Waals surface area contributed by atoms with Crippen molar-refractivity contribution in [2.45, 2.75) is 6.42 Å². The number of hydrogen-bond donors (Lipinski definition) is 5. The smallest absolute Gasteiger partial charge is 0.404 e. The summed E-state index contributed by atoms with van der Waals surface area (Å²) >= 11 is 6.31. The molecule has 0 unspecified atom stereocenters. The van der Waals surface area contributed by atoms with Gasteiger partial charge in [-0.2, -0.15) is 4.98 Å². The highest BCUT2D eigenvalue weighted by atomic mass is 35.5. The quantitative estimate of drug-likeness (QED) is 0.101. The van der Waals surface area contributed by atoms with Gasteiger partial charge in [0, 0.05) is 44.1 Å². The Balaban J connectivity index is 1.08. The molecule has 17 heteroatoms. The van der Waals surface area contributed by atoms with Crippen molar-refractivity contribution in [1.82, 2.24) is 20.2 Å². The summed E-state index contributed by atoms with van der Waals surface area (Å²) in [6, 6.07) is 14.7. The molecule has 270 valence electrons. The van der Waals surface area contributed by atoms with E-state index in [-0.39, 0.29) is 17.5 Å². The highest BCUT2D eigenvalue weighted by Gasteiger charge is 2.21. The third kappa shape index (κ3) is 12.9. The van der Waals surface area contributed by atoms with Crippen LogP contribution in [0.25, 0.3) is 0 Å². The molecule has 6 N–H and O–H groups in total. The van der Waals surface area contributed by atoms with E-state index in [9.17, 15) is 14.4 Å². The van der Waals surface area contributed by atoms with Crippen LogP contribution in [-0.2, 0) is 23.7 Å². The van der Waals surface area contributed by atoms with Crippen LogP contribution in [0.5, 0.6) is 0 Å². The van der Waals surface area contributed by atoms with Gasteiger partial charge in [-0.15, -0.1) is 0 Å². The number of aromatic nitrogens is 2. The zero-order valence-electron chi connectivity index (χ0n) is 27.6. The molecule has 1 aliphatic rings. The van der Waals surface area contributed by atoms with Crippen molar-refractivity contribution in [3.05, 3.63) is 65.3 Å². The van der Waals surface area contributed by atoms with E-state index in [1.54, 1.807) is 24.3 Å². The third-order valence-corrected chi connectivity index (χ3v) is 7.69. The molecule has 1 fully saturated rings. The topological polar surface area (TPSA) is 203 Å². The Morgan fingerprint density at radius 2 is 1.44 bits per heavy atom. The molecule has 0 saturated carbocycles. The summed E-state index contributed by atoms with van der Waals surface area (Å²) in [5, 5.41) is 17.2. The molecule has 1 aromatic heterocycles. The molecular formula is C33H43ClN8O8. The molecule has 0 radical (unpaired) electrons. The molecule has 50 heavy (non-hydrogen) atoms. The summed E-state index contributed by atoms with van der Waals surface area (Å²) in [7, 11) is 0. The number of hydrogen-bond acceptors (Lipinski definition) is 12. The van der Waals surface area contributed by atoms with E-state index in [1.807, 2.05) is 29.2 Å². The van der Waals surface area contributed by atoms with Crippen LogP contribution in [0.3, 0.4) is 0 Å². The average Bonchev–Trinajstić information content (AvgIpc) is 3.11. The van der Waals surface area contributed by atoms with Crippen LogP contribution >= 0.6 is 11.6 Å². The Kier molecular flexibility index (Phi) is 15.8. The number of carboxylic acid groups (broad SMARTS) is 1. The van der Waals surface area contributed by atoms with Crippen molar-refractivity contribution in [3.63, 3.8) is 0 Å². The minimum atomic E-state index is -1.08. The molecule has 3 aromatic rings. The SMILES string of the molecule is NC(=O)c1ccccc1Nc1nc(Nc2ccc(N3CCN(C(=O)CCOCCOCCOCCOCCNC(=O)O)CC3)cc2)ncc1Cl. The summed E-state index contributed by atoms with van der Waals surface area (Å²) in [6.07, 6.45) is 0.706. The molecule has 0 spiro atoms. The van der Waals surface area contributed by atoms with Gasteiger partial charge in [-0.1, -0.05) is 23.7 Å². The van der Waals surface area contributed by atoms with E-state index in [2.05, 4.69) is 30.8 Å². The van der Waals surface area contributed by atoms with Crippen LogP contribution < -0.4 is 26.6 Å². The van der Waals surface area contributed by atoms with E-state index in [0.29, 0.717) is 108 Å². The highest BCUT2D eigenvalue weighted by Crippen LogP contribution is 2.27. The van der Waals surface area contributed by atoms with Crippen LogP contribution in [-0.4, -0.2) is 123 Å². The van der Waals surface area contributed by atoms with Crippen molar-refractivity contribution in [2.24, 2.45) is 5.73 Å². The predicted molar refractivity (Wildman–Crippen MR) is 188 cm³/mol. The normalized spacial score (nSPS) is 12.8. The second-order valence-corrected chi connectivity index (χ2v) is 11.3. The number of anilines is 5. The standard InChI is InChI=1S/C33H43ClN8O8/c34-27-23-37-32(40-31(27)39-28-4-2-1-3-26(28)30(35)44)38-24-5-7-25(8-6-24)41-11-13-42(14-12-41)29(43)9-15-47-17-19-49-21-22-50-20-18-48-16-10-36-33(45)46/h1-8,23,36H,9-22H2,(H2,35,44)(H,45,46)(H2,37,38,39,40). The van der Waals surface area contributed by atoms with Crippen molar-refractivity contribution >= 4 is 58.3 Å². The number of amides is 3. The van der Waals surface area contributed by atoms with Gasteiger partial charge in [0.25, 0.3) is 5.91 Å². The molecule has 3 amide bonds. The molecule has 0 bridgehead atoms. The molecule has 16 nitrogen and oxygen atoms in total. The molecule has 1 saturated heterocycles. The fraction of sp³-hybridized carbons (Fsp3) is 0.424. The number of nitrogens with zero attached hydrogens (tertiary/aromatic N) is 4. The number of benzene rings is 2. The summed E-state index contributed by atoms with van der Waals surface area (Å²) in [4.78, 5) is 47.6. The Hall–Kier alpha value is -4.74. The van der Waals surface area contributed by atoms with Gasteiger partial charge < -0.3 is 55.5 Å². The zero-order chi connectivity index (χ0) is 35.6. The molecule has 0 aliphatic carbocycles. The van der Waals surface area contributed by atoms with Gasteiger partial charge in [-0.05, 0) is 36.4 Å². The van der Waals surface area contributed by atoms with Crippen molar-refractivity contribution in [1.29, 1.82) is 0 Å². The van der Waals surface area contributed by atoms with E-state index >= 15 is 0 Å². The summed E-state index contributed by atoms with van der Waals surface area (Å²) in [5.74, 6) is 0.139. The van der Waals surface area contributed by atoms with Gasteiger partial charge >= 0.3 is 6.09 Å². The number of halogens is 1. The summed E-state index contributed by atoms with van der Waals surface area (Å²) in [5.41, 5.74) is 8.10. The molecule has 2 heterocycles. The van der Waals surface area contributed by atoms with Crippen molar-refractivity contribution < 1.29 is 38.4 Å². The highest BCUT2D eigenvalue weighted by molar-refractivity contribution is 6.33. The monoisotopic (exact) mass is 714 g/mol. The maximum Gasteiger partial charge on any atom is 0.404 e. The molecular weight excluding hydrogens is 672 g/mol. The third-order valence-electron chi connectivity index (χ3n) is 7.41. The number of carbonyl (C=O) groups excluding carboxylic acids is 2. The maximum absolute atomic E-state index is 12.7. The first-order valence-corrected chi connectivity index (χ1v) is 16.5. The first-order valence-electron chi connectivity index (χ1n) is 16.2. The van der Waals surface area contributed by atoms with Gasteiger partial charge in [0.15, 0.2) is 5.82 Å². The Labute approximate surface area is 295 Å². The number of nitrogens with two attached hydrogens (primary N) is 1. The second kappa shape index (κ2) is 20.7. The minimum Gasteiger partial charge on any atom is -0.465 e. The van der Waals surface area contributed by atoms with E-state index in [4.69, 9.17) is 41.4 Å². The molecule has 1 aliphatic heterocycles. The van der Waals surface area contributed by atoms with Crippen LogP contribution in [0.1, 0.15) is 16.8 Å². The molecule has 4 rings (SSSR count). The maximum atomic E-state index is 12.7. The van der Waals surface area contributed by atoms with Crippen LogP contribution in [0, 0.1) is 0 Å². The Morgan fingerprint density at radius 1 is 0.820 bits per heavy atom. The largest absolute Gasteiger partial charge is 0.465 e. The first-order chi connectivity index (χ1) is 24.3. The minimum absolute atomic E-state index is 0.0643. The number of primary amides is 1. The molecule has 0 atom stereocenters. The van der Waals surface area contributed by atoms with Gasteiger partial charge in [0.05, 0.1) is 76.7 Å². The van der Waals surface area contributed by atoms with Gasteiger partial charge in [0.1, 0.15) is 5.02 Å². The van der Waals surface area contributed by atoms with Gasteiger partial charge in [-0.25, -0.2) is 9.78 Å². The summed E-state index contributed by atoms with van der Waals surface area (Å²) in [6.45, 7) is 5.93. The van der Waals surface area contributed by atoms with Gasteiger partial charge in [-0.3, -0.25) is 9.59 Å². The lowest BCUT2D eigenvalue weighted by molar-refractivity contribution is -0.132. The fourth-order valence-electron chi connectivity index (χ4n) is 4.86. The number of carbonyl (C=O) groups is 3. The number of nitrogens with one attached hydrogen (secondary N) is 3. The molecule has 2 aromatic carbocycles. The van der Waals surface area contributed by atoms with Crippen LogP contribution in [0.15, 0.2) is 54.7 Å². The fourth-order valence-corrected chi connectivity index (χ4v) is 5.00. The lowest BCUT2D eigenvalue weighted by atomic mass is 10.1. The lowest BCUT2D eigenvalue weighted by Crippen LogP contribution is -2.49. The van der Waals surface area contributed by atoms with E-state index in [1.165, 1.54) is 6.20 Å². The number of piperazine rings is 1. The van der Waals surface area contributed by atoms with Gasteiger partial charge in [0.2, 0.25) is 11.9 Å². The van der Waals surface area contributed by atoms with E-state index in [0.717, 1.165) is 11.4 Å². The zero-order valence-corrected chi connectivity index (χ0v) is 28.4. The number of ether oxygens (including phenoxy) is 4. The lowest BCUT2D eigenvalue weighted by Gasteiger charge is -2.36. The predicted octanol–water partition coefficient (Wildman–Crippen LogP) is 3.09. The van der Waals surface area contributed by atoms with E-state index < -0.39 is 12.0 Å². The Morgan fingerprint density at radius 3 is 2.08 bits per heavy atom. The summed E-state index contributed by atoms with van der Waals surface area (Å²) < 4.78 is 21.6. The first kappa shape index (κ1) is 38.1. The van der Waals surface area contributed by atoms with Crippen molar-refractivity contribution in [2.75, 3.05) is 101 Å². The van der Waals surface area contributed by atoms with Crippen LogP contribution in [0.4, 0.5) is 33.6 Å². The average molecular weight is 715 g/mol.